The molecule has 70 valence electrons. The molecular formula is C9H11BrN2O. The average molecular weight is 243 g/mol. The Morgan fingerprint density at radius 2 is 2.31 bits per heavy atom. The maximum Gasteiger partial charge on any atom is 0.132 e. The van der Waals surface area contributed by atoms with Gasteiger partial charge < -0.3 is 5.11 Å². The normalized spacial score (nSPS) is 21.2. The summed E-state index contributed by atoms with van der Waals surface area (Å²) in [7, 11) is 1.98. The third-order valence-corrected chi connectivity index (χ3v) is 2.75. The molecule has 4 heteroatoms. The highest BCUT2D eigenvalue weighted by Gasteiger charge is 2.41. The van der Waals surface area contributed by atoms with Crippen LogP contribution in [-0.2, 0) is 5.60 Å². The van der Waals surface area contributed by atoms with E-state index in [0.29, 0.717) is 13.1 Å². The van der Waals surface area contributed by atoms with Crippen LogP contribution in [0, 0.1) is 0 Å². The van der Waals surface area contributed by atoms with Crippen LogP contribution in [-0.4, -0.2) is 35.1 Å². The Balaban J connectivity index is 2.26. The summed E-state index contributed by atoms with van der Waals surface area (Å²) in [6.45, 7) is 1.33. The summed E-state index contributed by atoms with van der Waals surface area (Å²) in [5.74, 6) is 0. The molecule has 0 saturated carbocycles. The highest BCUT2D eigenvalue weighted by molar-refractivity contribution is 9.10. The van der Waals surface area contributed by atoms with Gasteiger partial charge in [-0.1, -0.05) is 15.9 Å². The first-order valence-corrected chi connectivity index (χ1v) is 4.92. The Morgan fingerprint density at radius 3 is 2.85 bits per heavy atom. The van der Waals surface area contributed by atoms with E-state index < -0.39 is 5.60 Å². The van der Waals surface area contributed by atoms with E-state index in [1.54, 1.807) is 6.20 Å². The topological polar surface area (TPSA) is 36.4 Å². The Hall–Kier alpha value is -0.450. The number of aliphatic hydroxyl groups is 1. The fourth-order valence-electron chi connectivity index (χ4n) is 1.67. The molecule has 0 aliphatic carbocycles. The number of likely N-dealkylation sites (tertiary alicyclic amines) is 1. The first kappa shape index (κ1) is 9.12. The van der Waals surface area contributed by atoms with Gasteiger partial charge in [0.15, 0.2) is 0 Å². The number of hydrogen-bond donors (Lipinski definition) is 1. The Kier molecular flexibility index (Phi) is 2.14. The maximum atomic E-state index is 10.1. The van der Waals surface area contributed by atoms with Crippen molar-refractivity contribution in [2.45, 2.75) is 5.60 Å². The van der Waals surface area contributed by atoms with Gasteiger partial charge in [0, 0.05) is 23.8 Å². The van der Waals surface area contributed by atoms with E-state index in [9.17, 15) is 5.11 Å². The van der Waals surface area contributed by atoms with E-state index in [4.69, 9.17) is 0 Å². The number of rotatable bonds is 1. The minimum absolute atomic E-state index is 0.663. The highest BCUT2D eigenvalue weighted by Crippen LogP contribution is 2.30. The average Bonchev–Trinajstić information content (AvgIpc) is 2.02. The van der Waals surface area contributed by atoms with E-state index >= 15 is 0 Å². The van der Waals surface area contributed by atoms with Gasteiger partial charge in [0.2, 0.25) is 0 Å². The lowest BCUT2D eigenvalue weighted by Crippen LogP contribution is -2.57. The molecule has 0 aromatic carbocycles. The number of nitrogens with zero attached hydrogens (tertiary/aromatic N) is 2. The molecule has 0 spiro atoms. The number of β-amino-alcohol motifs (C(OH)–C–C–N with tert-alkyl or cyclic N) is 1. The van der Waals surface area contributed by atoms with Gasteiger partial charge in [-0.3, -0.25) is 9.88 Å². The first-order valence-electron chi connectivity index (χ1n) is 4.13. The molecule has 2 rings (SSSR count). The van der Waals surface area contributed by atoms with Crippen molar-refractivity contribution < 1.29 is 5.11 Å². The summed E-state index contributed by atoms with van der Waals surface area (Å²) >= 11 is 3.36. The molecule has 1 N–H and O–H groups in total. The molecule has 1 fully saturated rings. The predicted molar refractivity (Wildman–Crippen MR) is 53.3 cm³/mol. The molecule has 0 unspecified atom stereocenters. The molecule has 3 nitrogen and oxygen atoms in total. The van der Waals surface area contributed by atoms with Gasteiger partial charge in [0.25, 0.3) is 0 Å². The molecular weight excluding hydrogens is 232 g/mol. The second-order valence-electron chi connectivity index (χ2n) is 3.56. The molecule has 1 aliphatic rings. The van der Waals surface area contributed by atoms with E-state index in [1.165, 1.54) is 0 Å². The second kappa shape index (κ2) is 3.04. The van der Waals surface area contributed by atoms with Crippen LogP contribution in [0.1, 0.15) is 5.69 Å². The summed E-state index contributed by atoms with van der Waals surface area (Å²) < 4.78 is 0.959. The molecule has 0 bridgehead atoms. The van der Waals surface area contributed by atoms with Crippen LogP contribution in [0.2, 0.25) is 0 Å². The number of halogens is 1. The molecule has 1 saturated heterocycles. The van der Waals surface area contributed by atoms with Crippen molar-refractivity contribution in [2.24, 2.45) is 0 Å². The Morgan fingerprint density at radius 1 is 1.62 bits per heavy atom. The molecule has 13 heavy (non-hydrogen) atoms. The van der Waals surface area contributed by atoms with E-state index in [1.807, 2.05) is 19.2 Å². The lowest BCUT2D eigenvalue weighted by atomic mass is 9.91. The van der Waals surface area contributed by atoms with E-state index in [2.05, 4.69) is 25.8 Å². The SMILES string of the molecule is CN1CC(O)(c2cc(Br)ccn2)C1. The van der Waals surface area contributed by atoms with Gasteiger partial charge in [0.1, 0.15) is 5.60 Å². The van der Waals surface area contributed by atoms with Crippen LogP contribution in [0.5, 0.6) is 0 Å². The van der Waals surface area contributed by atoms with Crippen molar-refractivity contribution in [2.75, 3.05) is 20.1 Å². The fourth-order valence-corrected chi connectivity index (χ4v) is 2.00. The fraction of sp³-hybridized carbons (Fsp3) is 0.444. The molecule has 1 aliphatic heterocycles. The van der Waals surface area contributed by atoms with Gasteiger partial charge in [-0.25, -0.2) is 0 Å². The standard InChI is InChI=1S/C9H11BrN2O/c1-12-5-9(13,6-12)8-4-7(10)2-3-11-8/h2-4,13H,5-6H2,1H3. The van der Waals surface area contributed by atoms with Crippen molar-refractivity contribution >= 4 is 15.9 Å². The van der Waals surface area contributed by atoms with Crippen molar-refractivity contribution in [3.05, 3.63) is 28.5 Å². The number of aromatic nitrogens is 1. The highest BCUT2D eigenvalue weighted by atomic mass is 79.9. The molecule has 0 radical (unpaired) electrons. The summed E-state index contributed by atoms with van der Waals surface area (Å²) in [5, 5.41) is 10.1. The number of likely N-dealkylation sites (N-methyl/N-ethyl adjacent to an activating group) is 1. The van der Waals surface area contributed by atoms with Crippen LogP contribution in [0.4, 0.5) is 0 Å². The van der Waals surface area contributed by atoms with Gasteiger partial charge in [-0.2, -0.15) is 0 Å². The van der Waals surface area contributed by atoms with Gasteiger partial charge in [-0.15, -0.1) is 0 Å². The third kappa shape index (κ3) is 1.61. The van der Waals surface area contributed by atoms with Crippen LogP contribution < -0.4 is 0 Å². The minimum atomic E-state index is -0.738. The van der Waals surface area contributed by atoms with Crippen LogP contribution in [0.25, 0.3) is 0 Å². The monoisotopic (exact) mass is 242 g/mol. The van der Waals surface area contributed by atoms with Gasteiger partial charge in [0.05, 0.1) is 5.69 Å². The maximum absolute atomic E-state index is 10.1. The molecule has 0 amide bonds. The number of hydrogen-bond acceptors (Lipinski definition) is 3. The zero-order chi connectivity index (χ0) is 9.47. The zero-order valence-corrected chi connectivity index (χ0v) is 8.95. The van der Waals surface area contributed by atoms with Crippen LogP contribution in [0.3, 0.4) is 0 Å². The first-order chi connectivity index (χ1) is 6.10. The largest absolute Gasteiger partial charge is 0.381 e. The summed E-state index contributed by atoms with van der Waals surface area (Å²) in [4.78, 5) is 6.22. The summed E-state index contributed by atoms with van der Waals surface area (Å²) in [6.07, 6.45) is 1.70. The third-order valence-electron chi connectivity index (χ3n) is 2.26. The minimum Gasteiger partial charge on any atom is -0.381 e. The Bertz CT molecular complexity index is 323. The summed E-state index contributed by atoms with van der Waals surface area (Å²) in [5.41, 5.74) is 0.0124. The van der Waals surface area contributed by atoms with Crippen molar-refractivity contribution in [3.8, 4) is 0 Å². The lowest BCUT2D eigenvalue weighted by Gasteiger charge is -2.43. The zero-order valence-electron chi connectivity index (χ0n) is 7.37. The second-order valence-corrected chi connectivity index (χ2v) is 4.48. The molecule has 1 aromatic rings. The summed E-state index contributed by atoms with van der Waals surface area (Å²) in [6, 6.07) is 3.72. The lowest BCUT2D eigenvalue weighted by molar-refractivity contribution is -0.0949. The molecule has 2 heterocycles. The molecule has 1 aromatic heterocycles. The van der Waals surface area contributed by atoms with E-state index in [0.717, 1.165) is 10.2 Å². The van der Waals surface area contributed by atoms with Crippen LogP contribution >= 0.6 is 15.9 Å². The van der Waals surface area contributed by atoms with E-state index in [-0.39, 0.29) is 0 Å². The van der Waals surface area contributed by atoms with Gasteiger partial charge in [-0.05, 0) is 19.2 Å². The molecule has 0 atom stereocenters. The van der Waals surface area contributed by atoms with Crippen LogP contribution in [0.15, 0.2) is 22.8 Å². The number of pyridine rings is 1. The smallest absolute Gasteiger partial charge is 0.132 e. The van der Waals surface area contributed by atoms with Gasteiger partial charge >= 0.3 is 0 Å². The van der Waals surface area contributed by atoms with Crippen molar-refractivity contribution in [1.29, 1.82) is 0 Å². The predicted octanol–water partition coefficient (Wildman–Crippen LogP) is 0.977. The van der Waals surface area contributed by atoms with Crippen molar-refractivity contribution in [1.82, 2.24) is 9.88 Å². The Labute approximate surface area is 85.5 Å². The quantitative estimate of drug-likeness (QED) is 0.798. The van der Waals surface area contributed by atoms with Crippen molar-refractivity contribution in [3.63, 3.8) is 0 Å².